The van der Waals surface area contributed by atoms with Gasteiger partial charge in [0.05, 0.1) is 11.5 Å². The van der Waals surface area contributed by atoms with Gasteiger partial charge in [0.2, 0.25) is 0 Å². The van der Waals surface area contributed by atoms with E-state index in [1.54, 1.807) is 23.2 Å². The van der Waals surface area contributed by atoms with Crippen LogP contribution in [0.2, 0.25) is 0 Å². The third-order valence-corrected chi connectivity index (χ3v) is 5.30. The molecule has 0 atom stereocenters. The van der Waals surface area contributed by atoms with Crippen LogP contribution in [0.15, 0.2) is 6.07 Å². The number of likely N-dealkylation sites (tertiary alicyclic amines) is 1. The molecule has 0 spiro atoms. The molecule has 0 aliphatic carbocycles. The molecule has 22 heavy (non-hydrogen) atoms. The van der Waals surface area contributed by atoms with Crippen molar-refractivity contribution in [3.63, 3.8) is 0 Å². The molecule has 1 N–H and O–H groups in total. The SMILES string of the molecule is CCOC(=O)N1CCC(NC(=O)c2cc(C)c(CC)s2)CC1. The Labute approximate surface area is 135 Å². The lowest BCUT2D eigenvalue weighted by Gasteiger charge is -2.31. The number of aryl methyl sites for hydroxylation is 2. The summed E-state index contributed by atoms with van der Waals surface area (Å²) in [5.41, 5.74) is 1.19. The van der Waals surface area contributed by atoms with E-state index < -0.39 is 0 Å². The minimum atomic E-state index is -0.256. The highest BCUT2D eigenvalue weighted by atomic mass is 32.1. The number of amides is 2. The molecule has 0 radical (unpaired) electrons. The zero-order chi connectivity index (χ0) is 16.1. The Morgan fingerprint density at radius 2 is 2.05 bits per heavy atom. The maximum Gasteiger partial charge on any atom is 0.409 e. The fraction of sp³-hybridized carbons (Fsp3) is 0.625. The van der Waals surface area contributed by atoms with E-state index in [2.05, 4.69) is 12.2 Å². The molecule has 1 aliphatic rings. The van der Waals surface area contributed by atoms with Gasteiger partial charge in [-0.2, -0.15) is 0 Å². The summed E-state index contributed by atoms with van der Waals surface area (Å²) >= 11 is 1.57. The van der Waals surface area contributed by atoms with Gasteiger partial charge in [-0.05, 0) is 44.7 Å². The van der Waals surface area contributed by atoms with Gasteiger partial charge in [-0.15, -0.1) is 11.3 Å². The first-order valence-corrected chi connectivity index (χ1v) is 8.68. The van der Waals surface area contributed by atoms with Crippen LogP contribution in [-0.4, -0.2) is 42.6 Å². The van der Waals surface area contributed by atoms with Gasteiger partial charge in [0, 0.05) is 24.0 Å². The molecule has 0 aromatic carbocycles. The van der Waals surface area contributed by atoms with Gasteiger partial charge in [-0.3, -0.25) is 4.79 Å². The van der Waals surface area contributed by atoms with E-state index in [0.29, 0.717) is 19.7 Å². The molecule has 2 amide bonds. The average Bonchev–Trinajstić information content (AvgIpc) is 2.89. The summed E-state index contributed by atoms with van der Waals surface area (Å²) in [4.78, 5) is 27.7. The second-order valence-electron chi connectivity index (χ2n) is 5.50. The van der Waals surface area contributed by atoms with Gasteiger partial charge in [0.25, 0.3) is 5.91 Å². The summed E-state index contributed by atoms with van der Waals surface area (Å²) in [5, 5.41) is 3.08. The maximum absolute atomic E-state index is 12.3. The summed E-state index contributed by atoms with van der Waals surface area (Å²) in [5.74, 6) is 0.00221. The van der Waals surface area contributed by atoms with E-state index in [0.717, 1.165) is 24.1 Å². The highest BCUT2D eigenvalue weighted by Gasteiger charge is 2.25. The lowest BCUT2D eigenvalue weighted by Crippen LogP contribution is -2.46. The molecule has 5 nitrogen and oxygen atoms in total. The Morgan fingerprint density at radius 3 is 2.59 bits per heavy atom. The zero-order valence-electron chi connectivity index (χ0n) is 13.5. The van der Waals surface area contributed by atoms with Crippen molar-refractivity contribution in [1.82, 2.24) is 10.2 Å². The van der Waals surface area contributed by atoms with Crippen molar-refractivity contribution in [2.45, 2.75) is 46.1 Å². The van der Waals surface area contributed by atoms with E-state index in [4.69, 9.17) is 4.74 Å². The smallest absolute Gasteiger partial charge is 0.409 e. The monoisotopic (exact) mass is 324 g/mol. The predicted octanol–water partition coefficient (Wildman–Crippen LogP) is 2.97. The quantitative estimate of drug-likeness (QED) is 0.926. The molecule has 0 bridgehead atoms. The summed E-state index contributed by atoms with van der Waals surface area (Å²) in [6.07, 6.45) is 2.25. The summed E-state index contributed by atoms with van der Waals surface area (Å²) in [7, 11) is 0. The van der Waals surface area contributed by atoms with Crippen LogP contribution >= 0.6 is 11.3 Å². The summed E-state index contributed by atoms with van der Waals surface area (Å²) < 4.78 is 5.00. The summed E-state index contributed by atoms with van der Waals surface area (Å²) in [6.45, 7) is 7.61. The van der Waals surface area contributed by atoms with Crippen LogP contribution in [0.5, 0.6) is 0 Å². The predicted molar refractivity (Wildman–Crippen MR) is 87.5 cm³/mol. The minimum Gasteiger partial charge on any atom is -0.450 e. The minimum absolute atomic E-state index is 0.00221. The Morgan fingerprint density at radius 1 is 1.36 bits per heavy atom. The number of hydrogen-bond donors (Lipinski definition) is 1. The molecule has 0 unspecified atom stereocenters. The molecular weight excluding hydrogens is 300 g/mol. The Kier molecular flexibility index (Phi) is 5.83. The van der Waals surface area contributed by atoms with E-state index in [-0.39, 0.29) is 18.0 Å². The van der Waals surface area contributed by atoms with Crippen LogP contribution < -0.4 is 5.32 Å². The normalized spacial score (nSPS) is 15.7. The van der Waals surface area contributed by atoms with Crippen LogP contribution in [0.1, 0.15) is 46.8 Å². The van der Waals surface area contributed by atoms with Crippen molar-refractivity contribution in [2.75, 3.05) is 19.7 Å². The molecule has 2 heterocycles. The first kappa shape index (κ1) is 16.8. The van der Waals surface area contributed by atoms with Crippen molar-refractivity contribution in [3.05, 3.63) is 21.4 Å². The van der Waals surface area contributed by atoms with Crippen molar-refractivity contribution >= 4 is 23.3 Å². The first-order chi connectivity index (χ1) is 10.5. The number of piperidine rings is 1. The molecule has 0 saturated carbocycles. The average molecular weight is 324 g/mol. The molecule has 1 saturated heterocycles. The number of carbonyl (C=O) groups excluding carboxylic acids is 2. The molecule has 6 heteroatoms. The van der Waals surface area contributed by atoms with E-state index in [9.17, 15) is 9.59 Å². The van der Waals surface area contributed by atoms with Crippen LogP contribution in [0.3, 0.4) is 0 Å². The highest BCUT2D eigenvalue weighted by Crippen LogP contribution is 2.23. The lowest BCUT2D eigenvalue weighted by atomic mass is 10.1. The van der Waals surface area contributed by atoms with Crippen molar-refractivity contribution in [3.8, 4) is 0 Å². The van der Waals surface area contributed by atoms with Crippen molar-refractivity contribution < 1.29 is 14.3 Å². The third-order valence-electron chi connectivity index (χ3n) is 3.92. The Bertz CT molecular complexity index is 533. The first-order valence-electron chi connectivity index (χ1n) is 7.87. The van der Waals surface area contributed by atoms with Gasteiger partial charge in [0.1, 0.15) is 0 Å². The van der Waals surface area contributed by atoms with Crippen LogP contribution in [0.25, 0.3) is 0 Å². The fourth-order valence-electron chi connectivity index (χ4n) is 2.66. The molecule has 2 rings (SSSR count). The summed E-state index contributed by atoms with van der Waals surface area (Å²) in [6, 6.07) is 2.10. The molecule has 1 aromatic rings. The number of ether oxygens (including phenoxy) is 1. The zero-order valence-corrected chi connectivity index (χ0v) is 14.3. The number of nitrogens with zero attached hydrogens (tertiary/aromatic N) is 1. The fourth-order valence-corrected chi connectivity index (χ4v) is 3.68. The largest absolute Gasteiger partial charge is 0.450 e. The molecule has 1 fully saturated rings. The van der Waals surface area contributed by atoms with Crippen LogP contribution in [0.4, 0.5) is 4.79 Å². The maximum atomic E-state index is 12.3. The molecular formula is C16H24N2O3S. The number of hydrogen-bond acceptors (Lipinski definition) is 4. The van der Waals surface area contributed by atoms with Crippen LogP contribution in [0, 0.1) is 6.92 Å². The number of thiophene rings is 1. The Hall–Kier alpha value is -1.56. The Balaban J connectivity index is 1.85. The van der Waals surface area contributed by atoms with Gasteiger partial charge < -0.3 is 15.0 Å². The van der Waals surface area contributed by atoms with Crippen molar-refractivity contribution in [1.29, 1.82) is 0 Å². The number of nitrogens with one attached hydrogen (secondary N) is 1. The molecule has 122 valence electrons. The second-order valence-corrected chi connectivity index (χ2v) is 6.64. The van der Waals surface area contributed by atoms with E-state index >= 15 is 0 Å². The topological polar surface area (TPSA) is 58.6 Å². The lowest BCUT2D eigenvalue weighted by molar-refractivity contribution is 0.0862. The van der Waals surface area contributed by atoms with Gasteiger partial charge in [-0.25, -0.2) is 4.79 Å². The van der Waals surface area contributed by atoms with E-state index in [1.165, 1.54) is 10.4 Å². The van der Waals surface area contributed by atoms with Crippen molar-refractivity contribution in [2.24, 2.45) is 0 Å². The number of rotatable bonds is 4. The highest BCUT2D eigenvalue weighted by molar-refractivity contribution is 7.14. The standard InChI is InChI=1S/C16H24N2O3S/c1-4-13-11(3)10-14(22-13)15(19)17-12-6-8-18(9-7-12)16(20)21-5-2/h10,12H,4-9H2,1-3H3,(H,17,19). The van der Waals surface area contributed by atoms with Crippen LogP contribution in [-0.2, 0) is 11.2 Å². The van der Waals surface area contributed by atoms with E-state index in [1.807, 2.05) is 13.0 Å². The van der Waals surface area contributed by atoms with Gasteiger partial charge >= 0.3 is 6.09 Å². The second kappa shape index (κ2) is 7.63. The van der Waals surface area contributed by atoms with Gasteiger partial charge in [-0.1, -0.05) is 6.92 Å². The molecule has 1 aliphatic heterocycles. The van der Waals surface area contributed by atoms with Gasteiger partial charge in [0.15, 0.2) is 0 Å². The molecule has 1 aromatic heterocycles. The number of carbonyl (C=O) groups is 2. The third kappa shape index (κ3) is 4.00.